The lowest BCUT2D eigenvalue weighted by Gasteiger charge is -2.05. The van der Waals surface area contributed by atoms with Gasteiger partial charge in [0.25, 0.3) is 5.91 Å². The molecule has 7 heteroatoms. The van der Waals surface area contributed by atoms with Crippen LogP contribution in [0.3, 0.4) is 0 Å². The first-order valence-corrected chi connectivity index (χ1v) is 7.32. The quantitative estimate of drug-likeness (QED) is 0.364. The van der Waals surface area contributed by atoms with Crippen LogP contribution in [0, 0.1) is 18.3 Å². The lowest BCUT2D eigenvalue weighted by Crippen LogP contribution is -2.26. The standard InChI is InChI=1S/C16H20N4O3/c1-12-6-8-18-14(9-12)20-11-13(10-17)16(23)19-7-4-2-3-5-15(21)22/h6,8-9,11H,2-5,7H2,1H3,(H,18,20)(H,19,23)(H,21,22)/b13-11-. The van der Waals surface area contributed by atoms with Gasteiger partial charge < -0.3 is 15.7 Å². The van der Waals surface area contributed by atoms with Crippen LogP contribution >= 0.6 is 0 Å². The van der Waals surface area contributed by atoms with Gasteiger partial charge in [-0.1, -0.05) is 6.42 Å². The minimum absolute atomic E-state index is 0.0427. The molecule has 1 heterocycles. The summed E-state index contributed by atoms with van der Waals surface area (Å²) in [4.78, 5) is 26.3. The third kappa shape index (κ3) is 7.62. The number of hydrogen-bond donors (Lipinski definition) is 3. The topological polar surface area (TPSA) is 115 Å². The van der Waals surface area contributed by atoms with Gasteiger partial charge in [-0.05, 0) is 37.5 Å². The first kappa shape index (κ1) is 18.2. The number of unbranched alkanes of at least 4 members (excludes halogenated alkanes) is 2. The number of carboxylic acid groups (broad SMARTS) is 1. The highest BCUT2D eigenvalue weighted by Gasteiger charge is 2.08. The van der Waals surface area contributed by atoms with Crippen LogP contribution in [-0.4, -0.2) is 28.5 Å². The van der Waals surface area contributed by atoms with Crippen molar-refractivity contribution in [2.24, 2.45) is 0 Å². The Morgan fingerprint density at radius 2 is 2.17 bits per heavy atom. The molecule has 1 aromatic heterocycles. The van der Waals surface area contributed by atoms with Gasteiger partial charge in [0, 0.05) is 25.4 Å². The van der Waals surface area contributed by atoms with Gasteiger partial charge in [-0.3, -0.25) is 9.59 Å². The molecule has 0 radical (unpaired) electrons. The number of amides is 1. The zero-order valence-corrected chi connectivity index (χ0v) is 13.0. The number of carboxylic acids is 1. The van der Waals surface area contributed by atoms with E-state index >= 15 is 0 Å². The molecule has 0 bridgehead atoms. The van der Waals surface area contributed by atoms with Crippen molar-refractivity contribution in [3.05, 3.63) is 35.7 Å². The van der Waals surface area contributed by atoms with Crippen LogP contribution < -0.4 is 10.6 Å². The summed E-state index contributed by atoms with van der Waals surface area (Å²) in [5, 5.41) is 23.0. The van der Waals surface area contributed by atoms with Gasteiger partial charge in [0.05, 0.1) is 0 Å². The van der Waals surface area contributed by atoms with E-state index in [4.69, 9.17) is 10.4 Å². The molecule has 0 saturated carbocycles. The molecule has 3 N–H and O–H groups in total. The summed E-state index contributed by atoms with van der Waals surface area (Å²) in [5.74, 6) is -0.732. The molecule has 0 fully saturated rings. The minimum atomic E-state index is -0.820. The molecule has 0 aliphatic heterocycles. The lowest BCUT2D eigenvalue weighted by atomic mass is 10.2. The number of nitrogens with one attached hydrogen (secondary N) is 2. The maximum absolute atomic E-state index is 11.8. The fourth-order valence-electron chi connectivity index (χ4n) is 1.78. The first-order valence-electron chi connectivity index (χ1n) is 7.32. The molecule has 1 amide bonds. The lowest BCUT2D eigenvalue weighted by molar-refractivity contribution is -0.137. The highest BCUT2D eigenvalue weighted by Crippen LogP contribution is 2.06. The van der Waals surface area contributed by atoms with Gasteiger partial charge in [0.15, 0.2) is 0 Å². The Kier molecular flexibility index (Phi) is 7.86. The monoisotopic (exact) mass is 316 g/mol. The number of aryl methyl sites for hydroxylation is 1. The molecule has 0 aromatic carbocycles. The van der Waals surface area contributed by atoms with E-state index in [1.165, 1.54) is 6.20 Å². The molecular weight excluding hydrogens is 296 g/mol. The van der Waals surface area contributed by atoms with Crippen molar-refractivity contribution < 1.29 is 14.7 Å². The molecule has 1 aromatic rings. The molecule has 0 unspecified atom stereocenters. The van der Waals surface area contributed by atoms with Gasteiger partial charge in [-0.2, -0.15) is 5.26 Å². The minimum Gasteiger partial charge on any atom is -0.481 e. The second-order valence-electron chi connectivity index (χ2n) is 4.99. The number of hydrogen-bond acceptors (Lipinski definition) is 5. The Balaban J connectivity index is 2.38. The third-order valence-electron chi connectivity index (χ3n) is 3.00. The summed E-state index contributed by atoms with van der Waals surface area (Å²) < 4.78 is 0. The fourth-order valence-corrected chi connectivity index (χ4v) is 1.78. The van der Waals surface area contributed by atoms with E-state index < -0.39 is 11.9 Å². The summed E-state index contributed by atoms with van der Waals surface area (Å²) in [7, 11) is 0. The molecule has 0 atom stereocenters. The summed E-state index contributed by atoms with van der Waals surface area (Å²) in [6, 6.07) is 5.48. The number of rotatable bonds is 9. The molecule has 0 spiro atoms. The van der Waals surface area contributed by atoms with Crippen LogP contribution in [0.15, 0.2) is 30.1 Å². The van der Waals surface area contributed by atoms with E-state index in [1.54, 1.807) is 12.3 Å². The zero-order valence-electron chi connectivity index (χ0n) is 13.0. The van der Waals surface area contributed by atoms with Crippen LogP contribution in [0.4, 0.5) is 5.82 Å². The number of nitriles is 1. The number of nitrogens with zero attached hydrogens (tertiary/aromatic N) is 2. The van der Waals surface area contributed by atoms with Gasteiger partial charge >= 0.3 is 5.97 Å². The predicted octanol–water partition coefficient (Wildman–Crippen LogP) is 1.97. The highest BCUT2D eigenvalue weighted by atomic mass is 16.4. The molecule has 1 rings (SSSR count). The van der Waals surface area contributed by atoms with Crippen molar-refractivity contribution in [2.75, 3.05) is 11.9 Å². The molecule has 23 heavy (non-hydrogen) atoms. The molecule has 0 saturated heterocycles. The summed E-state index contributed by atoms with van der Waals surface area (Å²) in [6.45, 7) is 2.32. The predicted molar refractivity (Wildman–Crippen MR) is 85.4 cm³/mol. The first-order chi connectivity index (χ1) is 11.0. The van der Waals surface area contributed by atoms with E-state index in [1.807, 2.05) is 19.1 Å². The Morgan fingerprint density at radius 1 is 1.39 bits per heavy atom. The molecule has 0 aliphatic carbocycles. The maximum atomic E-state index is 11.8. The Hall–Kier alpha value is -2.88. The maximum Gasteiger partial charge on any atom is 0.303 e. The van der Waals surface area contributed by atoms with Gasteiger partial charge in [0.1, 0.15) is 17.5 Å². The van der Waals surface area contributed by atoms with Crippen molar-refractivity contribution in [3.63, 3.8) is 0 Å². The second kappa shape index (κ2) is 9.95. The largest absolute Gasteiger partial charge is 0.481 e. The van der Waals surface area contributed by atoms with Crippen molar-refractivity contribution in [2.45, 2.75) is 32.6 Å². The van der Waals surface area contributed by atoms with E-state index in [0.717, 1.165) is 5.56 Å². The van der Waals surface area contributed by atoms with Gasteiger partial charge in [-0.25, -0.2) is 4.98 Å². The van der Waals surface area contributed by atoms with Crippen LogP contribution in [0.1, 0.15) is 31.2 Å². The van der Waals surface area contributed by atoms with Crippen molar-refractivity contribution in [3.8, 4) is 6.07 Å². The molecular formula is C16H20N4O3. The number of anilines is 1. The smallest absolute Gasteiger partial charge is 0.303 e. The van der Waals surface area contributed by atoms with Crippen LogP contribution in [0.5, 0.6) is 0 Å². The fraction of sp³-hybridized carbons (Fsp3) is 0.375. The highest BCUT2D eigenvalue weighted by molar-refractivity contribution is 5.97. The van der Waals surface area contributed by atoms with Crippen LogP contribution in [0.25, 0.3) is 0 Å². The van der Waals surface area contributed by atoms with Crippen molar-refractivity contribution >= 4 is 17.7 Å². The van der Waals surface area contributed by atoms with Crippen LogP contribution in [-0.2, 0) is 9.59 Å². The van der Waals surface area contributed by atoms with Gasteiger partial charge in [0.2, 0.25) is 0 Å². The Bertz CT molecular complexity index is 620. The number of pyridine rings is 1. The number of aromatic nitrogens is 1. The number of aliphatic carboxylic acids is 1. The van der Waals surface area contributed by atoms with Gasteiger partial charge in [-0.15, -0.1) is 0 Å². The third-order valence-corrected chi connectivity index (χ3v) is 3.00. The zero-order chi connectivity index (χ0) is 17.1. The summed E-state index contributed by atoms with van der Waals surface area (Å²) >= 11 is 0. The normalized spacial score (nSPS) is 10.7. The number of carbonyl (C=O) groups excluding carboxylic acids is 1. The number of carbonyl (C=O) groups is 2. The average Bonchev–Trinajstić information content (AvgIpc) is 2.51. The molecule has 0 aliphatic rings. The SMILES string of the molecule is Cc1ccnc(N/C=C(/C#N)C(=O)NCCCCCC(=O)O)c1. The van der Waals surface area contributed by atoms with Crippen LogP contribution in [0.2, 0.25) is 0 Å². The molecule has 7 nitrogen and oxygen atoms in total. The van der Waals surface area contributed by atoms with Crippen molar-refractivity contribution in [1.29, 1.82) is 5.26 Å². The van der Waals surface area contributed by atoms with E-state index in [0.29, 0.717) is 31.6 Å². The Morgan fingerprint density at radius 3 is 2.83 bits per heavy atom. The summed E-state index contributed by atoms with van der Waals surface area (Å²) in [5.41, 5.74) is 0.971. The van der Waals surface area contributed by atoms with E-state index in [2.05, 4.69) is 15.6 Å². The average molecular weight is 316 g/mol. The summed E-state index contributed by atoms with van der Waals surface area (Å²) in [6.07, 6.45) is 5.04. The van der Waals surface area contributed by atoms with E-state index in [-0.39, 0.29) is 12.0 Å². The Labute approximate surface area is 135 Å². The molecule has 122 valence electrons. The second-order valence-corrected chi connectivity index (χ2v) is 4.99. The van der Waals surface area contributed by atoms with E-state index in [9.17, 15) is 9.59 Å². The van der Waals surface area contributed by atoms with Crippen molar-refractivity contribution in [1.82, 2.24) is 10.3 Å².